The number of methoxy groups -OCH3 is 1. The second-order valence-electron chi connectivity index (χ2n) is 16.1. The molecule has 3 amide bonds. The van der Waals surface area contributed by atoms with Gasteiger partial charge in [-0.15, -0.1) is 11.3 Å². The molecule has 300 valence electrons. The van der Waals surface area contributed by atoms with Gasteiger partial charge < -0.3 is 20.1 Å². The van der Waals surface area contributed by atoms with Crippen molar-refractivity contribution in [2.45, 2.75) is 96.4 Å². The first-order chi connectivity index (χ1) is 27.3. The Morgan fingerprint density at radius 1 is 0.825 bits per heavy atom. The second-order valence-corrected chi connectivity index (χ2v) is 17.2. The lowest BCUT2D eigenvalue weighted by atomic mass is 9.95. The minimum Gasteiger partial charge on any atom is -0.465 e. The molecule has 0 saturated carbocycles. The summed E-state index contributed by atoms with van der Waals surface area (Å²) in [5, 5.41) is 6.09. The number of anilines is 2. The van der Waals surface area contributed by atoms with Gasteiger partial charge in [-0.25, -0.2) is 18.4 Å². The molecule has 2 fully saturated rings. The van der Waals surface area contributed by atoms with E-state index in [-0.39, 0.29) is 41.8 Å². The number of nitrogens with zero attached hydrogens (tertiary/aromatic N) is 2. The molecule has 1 aliphatic carbocycles. The van der Waals surface area contributed by atoms with E-state index in [1.165, 1.54) is 18.4 Å². The first kappa shape index (κ1) is 40.1. The maximum Gasteiger partial charge on any atom is 0.410 e. The zero-order valence-corrected chi connectivity index (χ0v) is 33.5. The molecule has 7 rings (SSSR count). The van der Waals surface area contributed by atoms with Crippen molar-refractivity contribution < 1.29 is 37.4 Å². The summed E-state index contributed by atoms with van der Waals surface area (Å²) in [4.78, 5) is 57.6. The Bertz CT molecular complexity index is 2140. The van der Waals surface area contributed by atoms with Crippen molar-refractivity contribution in [3.05, 3.63) is 116 Å². The Morgan fingerprint density at radius 3 is 2.18 bits per heavy atom. The van der Waals surface area contributed by atoms with Crippen molar-refractivity contribution in [2.24, 2.45) is 0 Å². The molecule has 2 unspecified atom stereocenters. The highest BCUT2D eigenvalue weighted by Gasteiger charge is 2.44. The molecular weight excluding hydrogens is 751 g/mol. The normalized spacial score (nSPS) is 17.8. The number of nitrogens with one attached hydrogen (secondary N) is 2. The van der Waals surface area contributed by atoms with Gasteiger partial charge in [-0.1, -0.05) is 24.3 Å². The number of hydrogen-bond donors (Lipinski definition) is 2. The molecule has 1 aromatic heterocycles. The number of likely N-dealkylation sites (tertiary alicyclic amines) is 1. The largest absolute Gasteiger partial charge is 0.465 e. The average Bonchev–Trinajstić information content (AvgIpc) is 3.67. The fourth-order valence-corrected chi connectivity index (χ4v) is 9.45. The fourth-order valence-electron chi connectivity index (χ4n) is 8.17. The second kappa shape index (κ2) is 16.8. The quantitative estimate of drug-likeness (QED) is 0.155. The van der Waals surface area contributed by atoms with Gasteiger partial charge >= 0.3 is 12.1 Å². The molecule has 4 aromatic rings. The predicted octanol–water partition coefficient (Wildman–Crippen LogP) is 8.57. The minimum atomic E-state index is -0.783. The minimum absolute atomic E-state index is 0.0257. The van der Waals surface area contributed by atoms with E-state index in [0.717, 1.165) is 78.9 Å². The standard InChI is InChI=1S/C44H48F2N4O6S/c1-44(2,3)56-43(54)50-31-17-18-32(50)25-49(24-31)23-27-8-7-9-29(20-27)39(51)48-41-38(34-10-5-6-11-37(34)57-41)40(52)47-30-21-35(45)33(36(46)22-30)19-14-26-12-15-28(16-13-26)42(53)55-4/h7-9,12-13,15-16,20-22,31-32H,5-6,10-11,14,17-19,23-25H2,1-4H3,(H,47,52)(H,48,51). The molecule has 57 heavy (non-hydrogen) atoms. The lowest BCUT2D eigenvalue weighted by Gasteiger charge is -2.41. The van der Waals surface area contributed by atoms with Crippen LogP contribution < -0.4 is 10.6 Å². The summed E-state index contributed by atoms with van der Waals surface area (Å²) in [6, 6.07) is 16.4. The molecule has 13 heteroatoms. The van der Waals surface area contributed by atoms with Crippen LogP contribution in [0.3, 0.4) is 0 Å². The van der Waals surface area contributed by atoms with Gasteiger partial charge in [0.2, 0.25) is 0 Å². The zero-order valence-electron chi connectivity index (χ0n) is 32.7. The topological polar surface area (TPSA) is 117 Å². The van der Waals surface area contributed by atoms with E-state index in [0.29, 0.717) is 41.1 Å². The number of esters is 1. The number of carbonyl (C=O) groups is 4. The summed E-state index contributed by atoms with van der Waals surface area (Å²) in [6.45, 7) is 7.68. The van der Waals surface area contributed by atoms with E-state index in [2.05, 4.69) is 15.5 Å². The fraction of sp³-hybridized carbons (Fsp3) is 0.409. The summed E-state index contributed by atoms with van der Waals surface area (Å²) < 4.78 is 41.1. The van der Waals surface area contributed by atoms with E-state index in [9.17, 15) is 19.2 Å². The third-order valence-corrected chi connectivity index (χ3v) is 12.0. The van der Waals surface area contributed by atoms with Crippen molar-refractivity contribution in [3.8, 4) is 0 Å². The van der Waals surface area contributed by atoms with E-state index in [1.807, 2.05) is 43.9 Å². The van der Waals surface area contributed by atoms with Gasteiger partial charge in [0.1, 0.15) is 22.2 Å². The van der Waals surface area contributed by atoms with E-state index < -0.39 is 29.1 Å². The van der Waals surface area contributed by atoms with Crippen LogP contribution in [0.25, 0.3) is 0 Å². The summed E-state index contributed by atoms with van der Waals surface area (Å²) in [5.74, 6) is -2.94. The number of piperazine rings is 1. The van der Waals surface area contributed by atoms with Crippen molar-refractivity contribution in [1.82, 2.24) is 9.80 Å². The Morgan fingerprint density at radius 2 is 1.51 bits per heavy atom. The summed E-state index contributed by atoms with van der Waals surface area (Å²) in [5.41, 5.74) is 3.06. The third-order valence-electron chi connectivity index (χ3n) is 10.8. The molecule has 2 N–H and O–H groups in total. The molecule has 3 aromatic carbocycles. The van der Waals surface area contributed by atoms with Crippen LogP contribution in [-0.4, -0.2) is 71.6 Å². The smallest absolute Gasteiger partial charge is 0.410 e. The maximum atomic E-state index is 15.3. The summed E-state index contributed by atoms with van der Waals surface area (Å²) >= 11 is 1.37. The highest BCUT2D eigenvalue weighted by atomic mass is 32.1. The predicted molar refractivity (Wildman–Crippen MR) is 215 cm³/mol. The number of rotatable bonds is 10. The van der Waals surface area contributed by atoms with Gasteiger partial charge in [0, 0.05) is 53.4 Å². The van der Waals surface area contributed by atoms with Crippen LogP contribution in [-0.2, 0) is 41.7 Å². The Hall–Kier alpha value is -5.14. The number of amides is 3. The number of benzene rings is 3. The van der Waals surface area contributed by atoms with Crippen LogP contribution in [0.5, 0.6) is 0 Å². The van der Waals surface area contributed by atoms with E-state index >= 15 is 8.78 Å². The summed E-state index contributed by atoms with van der Waals surface area (Å²) in [7, 11) is 1.30. The lowest BCUT2D eigenvalue weighted by molar-refractivity contribution is -0.00546. The molecule has 2 bridgehead atoms. The molecule has 0 radical (unpaired) electrons. The van der Waals surface area contributed by atoms with Gasteiger partial charge in [0.25, 0.3) is 11.8 Å². The first-order valence-electron chi connectivity index (χ1n) is 19.5. The van der Waals surface area contributed by atoms with Crippen LogP contribution in [0.1, 0.15) is 105 Å². The molecule has 0 spiro atoms. The molecule has 2 saturated heterocycles. The number of thiophene rings is 1. The van der Waals surface area contributed by atoms with Crippen LogP contribution in [0.2, 0.25) is 0 Å². The number of halogens is 2. The maximum absolute atomic E-state index is 15.3. The zero-order chi connectivity index (χ0) is 40.4. The van der Waals surface area contributed by atoms with Gasteiger partial charge in [-0.2, -0.15) is 0 Å². The Balaban J connectivity index is 1.01. The molecule has 10 nitrogen and oxygen atoms in total. The number of ether oxygens (including phenoxy) is 2. The SMILES string of the molecule is COC(=O)c1ccc(CCc2c(F)cc(NC(=O)c3c(NC(=O)c4cccc(CN5CC6CCC(C5)N6C(=O)OC(C)(C)C)c4)sc4c3CCCC4)cc2F)cc1. The van der Waals surface area contributed by atoms with Gasteiger partial charge in [-0.05, 0) is 125 Å². The van der Waals surface area contributed by atoms with Crippen LogP contribution in [0.4, 0.5) is 24.3 Å². The Kier molecular flexibility index (Phi) is 11.8. The van der Waals surface area contributed by atoms with Crippen LogP contribution in [0, 0.1) is 11.6 Å². The monoisotopic (exact) mass is 798 g/mol. The van der Waals surface area contributed by atoms with Gasteiger partial charge in [-0.3, -0.25) is 19.4 Å². The van der Waals surface area contributed by atoms with Crippen molar-refractivity contribution in [3.63, 3.8) is 0 Å². The van der Waals surface area contributed by atoms with Gasteiger partial charge in [0.05, 0.1) is 18.2 Å². The number of aryl methyl sites for hydroxylation is 2. The summed E-state index contributed by atoms with van der Waals surface area (Å²) in [6.07, 6.45) is 5.28. The third kappa shape index (κ3) is 9.20. The number of hydrogen-bond acceptors (Lipinski definition) is 8. The average molecular weight is 799 g/mol. The molecule has 3 heterocycles. The molecule has 2 atom stereocenters. The highest BCUT2D eigenvalue weighted by Crippen LogP contribution is 2.39. The van der Waals surface area contributed by atoms with Gasteiger partial charge in [0.15, 0.2) is 0 Å². The molecular formula is C44H48F2N4O6S. The lowest BCUT2D eigenvalue weighted by Crippen LogP contribution is -2.56. The molecule has 3 aliphatic rings. The van der Waals surface area contributed by atoms with Crippen LogP contribution >= 0.6 is 11.3 Å². The van der Waals surface area contributed by atoms with Crippen LogP contribution in [0.15, 0.2) is 60.7 Å². The number of carbonyl (C=O) groups excluding carboxylic acids is 4. The van der Waals surface area contributed by atoms with Crippen molar-refractivity contribution >= 4 is 45.9 Å². The van der Waals surface area contributed by atoms with E-state index in [1.54, 1.807) is 30.3 Å². The first-order valence-corrected chi connectivity index (χ1v) is 20.3. The molecule has 2 aliphatic heterocycles. The Labute approximate surface area is 335 Å². The van der Waals surface area contributed by atoms with Crippen molar-refractivity contribution in [2.75, 3.05) is 30.8 Å². The van der Waals surface area contributed by atoms with Crippen molar-refractivity contribution in [1.29, 1.82) is 0 Å². The highest BCUT2D eigenvalue weighted by molar-refractivity contribution is 7.17. The van der Waals surface area contributed by atoms with E-state index in [4.69, 9.17) is 9.47 Å². The number of fused-ring (bicyclic) bond motifs is 3.